The summed E-state index contributed by atoms with van der Waals surface area (Å²) < 4.78 is 36.6. The number of rotatable bonds is 8. The van der Waals surface area contributed by atoms with Gasteiger partial charge in [-0.3, -0.25) is 0 Å². The molecule has 0 saturated carbocycles. The highest BCUT2D eigenvalue weighted by Gasteiger charge is 2.18. The molecule has 0 atom stereocenters. The summed E-state index contributed by atoms with van der Waals surface area (Å²) in [5.41, 5.74) is 2.21. The molecule has 0 radical (unpaired) electrons. The van der Waals surface area contributed by atoms with Crippen LogP contribution >= 0.6 is 15.9 Å². The van der Waals surface area contributed by atoms with E-state index in [4.69, 9.17) is 9.47 Å². The first-order valence-corrected chi connectivity index (χ1v) is 13.2. The van der Waals surface area contributed by atoms with E-state index in [9.17, 15) is 8.42 Å². The number of ether oxygens (including phenoxy) is 2. The minimum Gasteiger partial charge on any atom is -0.494 e. The fraction of sp³-hybridized carbons (Fsp3) is 0.304. The van der Waals surface area contributed by atoms with Gasteiger partial charge in [-0.15, -0.1) is 0 Å². The van der Waals surface area contributed by atoms with Crippen molar-refractivity contribution in [3.05, 3.63) is 53.1 Å². The smallest absolute Gasteiger partial charge is 0.229 e. The van der Waals surface area contributed by atoms with Crippen molar-refractivity contribution in [2.45, 2.75) is 11.8 Å². The van der Waals surface area contributed by atoms with Gasteiger partial charge in [0.1, 0.15) is 11.6 Å². The number of anilines is 5. The van der Waals surface area contributed by atoms with Crippen LogP contribution in [0.3, 0.4) is 0 Å². The number of methoxy groups -OCH3 is 1. The summed E-state index contributed by atoms with van der Waals surface area (Å²) >= 11 is 3.44. The summed E-state index contributed by atoms with van der Waals surface area (Å²) in [5, 5.41) is 6.31. The number of sulfone groups is 1. The van der Waals surface area contributed by atoms with Gasteiger partial charge in [-0.25, -0.2) is 13.4 Å². The van der Waals surface area contributed by atoms with Crippen molar-refractivity contribution in [3.8, 4) is 5.75 Å². The summed E-state index contributed by atoms with van der Waals surface area (Å²) in [6, 6.07) is 12.7. The molecule has 9 nitrogen and oxygen atoms in total. The van der Waals surface area contributed by atoms with Gasteiger partial charge in [-0.05, 0) is 40.2 Å². The van der Waals surface area contributed by atoms with E-state index in [0.717, 1.165) is 18.8 Å². The molecule has 34 heavy (non-hydrogen) atoms. The Balaban J connectivity index is 1.59. The molecule has 1 saturated heterocycles. The zero-order valence-corrected chi connectivity index (χ0v) is 21.3. The number of benzene rings is 2. The van der Waals surface area contributed by atoms with Crippen LogP contribution in [0, 0.1) is 0 Å². The van der Waals surface area contributed by atoms with Gasteiger partial charge in [0.15, 0.2) is 9.84 Å². The highest BCUT2D eigenvalue weighted by atomic mass is 79.9. The maximum absolute atomic E-state index is 12.5. The van der Waals surface area contributed by atoms with Gasteiger partial charge in [0.25, 0.3) is 0 Å². The van der Waals surface area contributed by atoms with E-state index in [-0.39, 0.29) is 10.6 Å². The second-order valence-electron chi connectivity index (χ2n) is 7.52. The molecule has 0 spiro atoms. The lowest BCUT2D eigenvalue weighted by Crippen LogP contribution is -2.36. The summed E-state index contributed by atoms with van der Waals surface area (Å²) in [7, 11) is -1.79. The van der Waals surface area contributed by atoms with Crippen molar-refractivity contribution >= 4 is 54.6 Å². The molecule has 180 valence electrons. The quantitative estimate of drug-likeness (QED) is 0.425. The average molecular weight is 548 g/mol. The minimum absolute atomic E-state index is 0.00366. The molecule has 2 heterocycles. The number of hydrogen-bond acceptors (Lipinski definition) is 9. The number of nitrogens with zero attached hydrogens (tertiary/aromatic N) is 3. The van der Waals surface area contributed by atoms with E-state index in [1.165, 1.54) is 0 Å². The topological polar surface area (TPSA) is 106 Å². The van der Waals surface area contributed by atoms with Gasteiger partial charge in [0.05, 0.1) is 46.8 Å². The first-order chi connectivity index (χ1) is 16.4. The maximum Gasteiger partial charge on any atom is 0.229 e. The van der Waals surface area contributed by atoms with Crippen molar-refractivity contribution in [2.24, 2.45) is 0 Å². The van der Waals surface area contributed by atoms with Gasteiger partial charge in [-0.2, -0.15) is 4.98 Å². The predicted octanol–water partition coefficient (Wildman–Crippen LogP) is 4.37. The van der Waals surface area contributed by atoms with Crippen LogP contribution in [0.25, 0.3) is 0 Å². The Kier molecular flexibility index (Phi) is 7.54. The van der Waals surface area contributed by atoms with Crippen LogP contribution in [0.2, 0.25) is 0 Å². The van der Waals surface area contributed by atoms with Crippen LogP contribution in [-0.4, -0.2) is 57.6 Å². The van der Waals surface area contributed by atoms with Gasteiger partial charge < -0.3 is 25.0 Å². The van der Waals surface area contributed by atoms with Crippen molar-refractivity contribution in [1.82, 2.24) is 9.97 Å². The third-order valence-corrected chi connectivity index (χ3v) is 7.77. The van der Waals surface area contributed by atoms with Gasteiger partial charge in [0, 0.05) is 31.0 Å². The Morgan fingerprint density at radius 1 is 1.12 bits per heavy atom. The van der Waals surface area contributed by atoms with Crippen LogP contribution in [-0.2, 0) is 14.6 Å². The fourth-order valence-corrected chi connectivity index (χ4v) is 4.90. The second-order valence-corrected chi connectivity index (χ2v) is 10.6. The molecule has 11 heteroatoms. The van der Waals surface area contributed by atoms with Crippen LogP contribution in [0.4, 0.5) is 28.8 Å². The molecule has 2 N–H and O–H groups in total. The Labute approximate surface area is 207 Å². The SMILES string of the molecule is CCS(=O)(=O)c1ccccc1Nc1nc(Nc2ccc(N3CCOCC3)cc2OC)ncc1Br. The molecule has 0 amide bonds. The number of para-hydroxylation sites is 1. The standard InChI is InChI=1S/C23H26BrN5O4S/c1-3-34(30,31)21-7-5-4-6-19(21)26-22-17(24)15-25-23(28-22)27-18-9-8-16(14-20(18)32-2)29-10-12-33-13-11-29/h4-9,14-15H,3,10-13H2,1-2H3,(H2,25,26,27,28). The summed E-state index contributed by atoms with van der Waals surface area (Å²) in [6.45, 7) is 4.68. The Morgan fingerprint density at radius 3 is 2.62 bits per heavy atom. The molecule has 1 aliphatic heterocycles. The highest BCUT2D eigenvalue weighted by Crippen LogP contribution is 2.33. The summed E-state index contributed by atoms with van der Waals surface area (Å²) in [6.07, 6.45) is 1.60. The molecule has 1 fully saturated rings. The molecule has 3 aromatic rings. The van der Waals surface area contributed by atoms with Crippen molar-refractivity contribution in [3.63, 3.8) is 0 Å². The normalized spacial score (nSPS) is 14.0. The third-order valence-electron chi connectivity index (χ3n) is 5.41. The fourth-order valence-electron chi connectivity index (χ4n) is 3.56. The molecular formula is C23H26BrN5O4S. The van der Waals surface area contributed by atoms with E-state index in [1.54, 1.807) is 44.5 Å². The van der Waals surface area contributed by atoms with Gasteiger partial charge in [0.2, 0.25) is 5.95 Å². The zero-order valence-electron chi connectivity index (χ0n) is 18.9. The Hall–Kier alpha value is -2.89. The Morgan fingerprint density at radius 2 is 1.88 bits per heavy atom. The summed E-state index contributed by atoms with van der Waals surface area (Å²) in [5.74, 6) is 1.42. The number of hydrogen-bond donors (Lipinski definition) is 2. The van der Waals surface area contributed by atoms with E-state index in [1.807, 2.05) is 18.2 Å². The lowest BCUT2D eigenvalue weighted by molar-refractivity contribution is 0.122. The van der Waals surface area contributed by atoms with E-state index >= 15 is 0 Å². The molecule has 0 unspecified atom stereocenters. The summed E-state index contributed by atoms with van der Waals surface area (Å²) in [4.78, 5) is 11.3. The zero-order chi connectivity index (χ0) is 24.1. The van der Waals surface area contributed by atoms with Crippen LogP contribution in [0.5, 0.6) is 5.75 Å². The molecule has 2 aromatic carbocycles. The second kappa shape index (κ2) is 10.6. The largest absolute Gasteiger partial charge is 0.494 e. The number of nitrogens with one attached hydrogen (secondary N) is 2. The monoisotopic (exact) mass is 547 g/mol. The molecule has 1 aliphatic rings. The first kappa shape index (κ1) is 24.2. The number of aromatic nitrogens is 2. The molecule has 1 aromatic heterocycles. The van der Waals surface area contributed by atoms with Gasteiger partial charge >= 0.3 is 0 Å². The van der Waals surface area contributed by atoms with Crippen molar-refractivity contribution < 1.29 is 17.9 Å². The number of morpholine rings is 1. The van der Waals surface area contributed by atoms with Crippen molar-refractivity contribution in [1.29, 1.82) is 0 Å². The maximum atomic E-state index is 12.5. The van der Waals surface area contributed by atoms with E-state index in [2.05, 4.69) is 41.4 Å². The van der Waals surface area contributed by atoms with Crippen LogP contribution in [0.1, 0.15) is 6.92 Å². The first-order valence-electron chi connectivity index (χ1n) is 10.8. The Bertz CT molecular complexity index is 1270. The lowest BCUT2D eigenvalue weighted by atomic mass is 10.2. The van der Waals surface area contributed by atoms with E-state index < -0.39 is 9.84 Å². The average Bonchev–Trinajstić information content (AvgIpc) is 2.87. The van der Waals surface area contributed by atoms with E-state index in [0.29, 0.717) is 46.6 Å². The molecule has 0 aliphatic carbocycles. The number of halogens is 1. The highest BCUT2D eigenvalue weighted by molar-refractivity contribution is 9.10. The van der Waals surface area contributed by atoms with Gasteiger partial charge in [-0.1, -0.05) is 19.1 Å². The van der Waals surface area contributed by atoms with Crippen LogP contribution < -0.4 is 20.3 Å². The van der Waals surface area contributed by atoms with Crippen LogP contribution in [0.15, 0.2) is 58.0 Å². The lowest BCUT2D eigenvalue weighted by Gasteiger charge is -2.29. The minimum atomic E-state index is -3.41. The molecular weight excluding hydrogens is 522 g/mol. The third kappa shape index (κ3) is 5.43. The molecule has 4 rings (SSSR count). The predicted molar refractivity (Wildman–Crippen MR) is 136 cm³/mol. The van der Waals surface area contributed by atoms with Crippen molar-refractivity contribution in [2.75, 3.05) is 54.7 Å². The molecule has 0 bridgehead atoms.